The first-order valence-corrected chi connectivity index (χ1v) is 8.89. The van der Waals surface area contributed by atoms with Gasteiger partial charge in [0.1, 0.15) is 11.4 Å². The van der Waals surface area contributed by atoms with Crippen molar-refractivity contribution in [2.75, 3.05) is 33.9 Å². The molecule has 1 fully saturated rings. The molecule has 5 nitrogen and oxygen atoms in total. The highest BCUT2D eigenvalue weighted by Gasteiger charge is 2.41. The van der Waals surface area contributed by atoms with E-state index in [1.165, 1.54) is 0 Å². The first-order valence-electron chi connectivity index (χ1n) is 8.89. The molecule has 0 unspecified atom stereocenters. The molecule has 1 aliphatic heterocycles. The van der Waals surface area contributed by atoms with Crippen molar-refractivity contribution >= 4 is 18.3 Å². The summed E-state index contributed by atoms with van der Waals surface area (Å²) in [5.74, 6) is 0.149. The molecular formula is C19H28ClF3N2O3. The average Bonchev–Trinajstić information content (AvgIpc) is 2.59. The lowest BCUT2D eigenvalue weighted by Gasteiger charge is -2.37. The molecule has 0 radical (unpaired) electrons. The molecule has 0 aliphatic carbocycles. The summed E-state index contributed by atoms with van der Waals surface area (Å²) >= 11 is 0. The standard InChI is InChI=1S/C19H27F3N2O3.ClH/c1-13-9-15(10-14(2)16(13)27-12-19(20,21)22)11-24(3)17(25)18(26-4)5-7-23-8-6-18;/h9-10,23H,5-8,11-12H2,1-4H3;1H. The predicted molar refractivity (Wildman–Crippen MR) is 103 cm³/mol. The summed E-state index contributed by atoms with van der Waals surface area (Å²) in [6.45, 7) is 3.87. The van der Waals surface area contributed by atoms with E-state index >= 15 is 0 Å². The van der Waals surface area contributed by atoms with Crippen molar-refractivity contribution in [3.05, 3.63) is 28.8 Å². The van der Waals surface area contributed by atoms with Gasteiger partial charge in [-0.1, -0.05) is 12.1 Å². The van der Waals surface area contributed by atoms with Crippen LogP contribution in [-0.2, 0) is 16.1 Å². The van der Waals surface area contributed by atoms with Crippen LogP contribution in [0.3, 0.4) is 0 Å². The van der Waals surface area contributed by atoms with Gasteiger partial charge in [0.15, 0.2) is 6.61 Å². The molecule has 2 rings (SSSR count). The molecule has 28 heavy (non-hydrogen) atoms. The molecule has 0 spiro atoms. The van der Waals surface area contributed by atoms with E-state index in [9.17, 15) is 18.0 Å². The Hall–Kier alpha value is -1.51. The lowest BCUT2D eigenvalue weighted by molar-refractivity contribution is -0.157. The summed E-state index contributed by atoms with van der Waals surface area (Å²) in [7, 11) is 3.27. The van der Waals surface area contributed by atoms with Gasteiger partial charge in [0, 0.05) is 20.7 Å². The fourth-order valence-corrected chi connectivity index (χ4v) is 3.54. The average molecular weight is 425 g/mol. The van der Waals surface area contributed by atoms with Gasteiger partial charge in [-0.25, -0.2) is 0 Å². The zero-order valence-electron chi connectivity index (χ0n) is 16.6. The Balaban J connectivity index is 0.00000392. The van der Waals surface area contributed by atoms with Crippen LogP contribution in [0.5, 0.6) is 5.75 Å². The number of benzene rings is 1. The number of hydrogen-bond donors (Lipinski definition) is 1. The molecule has 0 aromatic heterocycles. The number of ether oxygens (including phenoxy) is 2. The van der Waals surface area contributed by atoms with Crippen molar-refractivity contribution < 1.29 is 27.4 Å². The van der Waals surface area contributed by atoms with Crippen LogP contribution in [0.1, 0.15) is 29.5 Å². The highest BCUT2D eigenvalue weighted by Crippen LogP contribution is 2.29. The molecule has 1 N–H and O–H groups in total. The number of nitrogens with one attached hydrogen (secondary N) is 1. The van der Waals surface area contributed by atoms with Gasteiger partial charge in [-0.05, 0) is 56.5 Å². The fourth-order valence-electron chi connectivity index (χ4n) is 3.54. The minimum atomic E-state index is -4.38. The lowest BCUT2D eigenvalue weighted by atomic mass is 9.90. The second-order valence-corrected chi connectivity index (χ2v) is 7.07. The minimum absolute atomic E-state index is 0. The summed E-state index contributed by atoms with van der Waals surface area (Å²) in [5.41, 5.74) is 1.23. The van der Waals surface area contributed by atoms with Crippen LogP contribution in [0.25, 0.3) is 0 Å². The van der Waals surface area contributed by atoms with Crippen molar-refractivity contribution in [2.45, 2.75) is 45.0 Å². The van der Waals surface area contributed by atoms with Crippen molar-refractivity contribution in [2.24, 2.45) is 0 Å². The molecule has 1 heterocycles. The lowest BCUT2D eigenvalue weighted by Crippen LogP contribution is -2.54. The van der Waals surface area contributed by atoms with E-state index < -0.39 is 18.4 Å². The number of nitrogens with zero attached hydrogens (tertiary/aromatic N) is 1. The summed E-state index contributed by atoms with van der Waals surface area (Å²) in [5, 5.41) is 3.22. The van der Waals surface area contributed by atoms with Gasteiger partial charge in [0.2, 0.25) is 0 Å². The molecule has 1 aromatic carbocycles. The zero-order chi connectivity index (χ0) is 20.2. The molecule has 1 amide bonds. The highest BCUT2D eigenvalue weighted by molar-refractivity contribution is 5.85. The second kappa shape index (κ2) is 9.80. The van der Waals surface area contributed by atoms with Gasteiger partial charge in [-0.15, -0.1) is 12.4 Å². The normalized spacial score (nSPS) is 16.2. The van der Waals surface area contributed by atoms with E-state index in [4.69, 9.17) is 9.47 Å². The minimum Gasteiger partial charge on any atom is -0.484 e. The van der Waals surface area contributed by atoms with Crippen LogP contribution < -0.4 is 10.1 Å². The van der Waals surface area contributed by atoms with E-state index in [1.807, 2.05) is 0 Å². The maximum atomic E-state index is 12.9. The Bertz CT molecular complexity index is 654. The number of aryl methyl sites for hydroxylation is 2. The van der Waals surface area contributed by atoms with Crippen LogP contribution in [-0.4, -0.2) is 56.4 Å². The molecule has 1 aliphatic rings. The number of piperidine rings is 1. The third kappa shape index (κ3) is 5.99. The maximum absolute atomic E-state index is 12.9. The first-order chi connectivity index (χ1) is 12.6. The van der Waals surface area contributed by atoms with Crippen LogP contribution >= 0.6 is 12.4 Å². The Labute approximate surface area is 170 Å². The van der Waals surface area contributed by atoms with Gasteiger partial charge in [-0.3, -0.25) is 4.79 Å². The number of amides is 1. The number of halogens is 4. The van der Waals surface area contributed by atoms with Gasteiger partial charge in [0.25, 0.3) is 5.91 Å². The molecule has 1 aromatic rings. The maximum Gasteiger partial charge on any atom is 0.422 e. The Morgan fingerprint density at radius 3 is 2.21 bits per heavy atom. The second-order valence-electron chi connectivity index (χ2n) is 7.07. The number of carbonyl (C=O) groups is 1. The summed E-state index contributed by atoms with van der Waals surface area (Å²) in [4.78, 5) is 14.5. The monoisotopic (exact) mass is 424 g/mol. The molecule has 0 saturated carbocycles. The van der Waals surface area contributed by atoms with E-state index in [2.05, 4.69) is 5.32 Å². The Morgan fingerprint density at radius 1 is 1.21 bits per heavy atom. The van der Waals surface area contributed by atoms with E-state index in [0.717, 1.165) is 18.7 Å². The molecule has 0 atom stereocenters. The third-order valence-electron chi connectivity index (χ3n) is 4.86. The van der Waals surface area contributed by atoms with Crippen LogP contribution in [0, 0.1) is 13.8 Å². The summed E-state index contributed by atoms with van der Waals surface area (Å²) in [6, 6.07) is 3.51. The number of carbonyl (C=O) groups excluding carboxylic acids is 1. The van der Waals surface area contributed by atoms with Gasteiger partial charge < -0.3 is 19.7 Å². The van der Waals surface area contributed by atoms with Crippen molar-refractivity contribution in [1.29, 1.82) is 0 Å². The fraction of sp³-hybridized carbons (Fsp3) is 0.632. The first kappa shape index (κ1) is 24.5. The molecule has 9 heteroatoms. The van der Waals surface area contributed by atoms with Crippen molar-refractivity contribution in [3.8, 4) is 5.75 Å². The number of methoxy groups -OCH3 is 1. The van der Waals surface area contributed by atoms with E-state index in [-0.39, 0.29) is 24.1 Å². The van der Waals surface area contributed by atoms with E-state index in [0.29, 0.717) is 30.5 Å². The molecule has 160 valence electrons. The molecule has 0 bridgehead atoms. The summed E-state index contributed by atoms with van der Waals surface area (Å²) in [6.07, 6.45) is -3.17. The van der Waals surface area contributed by atoms with Gasteiger partial charge in [0.05, 0.1) is 0 Å². The number of alkyl halides is 3. The van der Waals surface area contributed by atoms with Crippen molar-refractivity contribution in [1.82, 2.24) is 10.2 Å². The van der Waals surface area contributed by atoms with Gasteiger partial charge in [-0.2, -0.15) is 13.2 Å². The largest absolute Gasteiger partial charge is 0.484 e. The smallest absolute Gasteiger partial charge is 0.422 e. The Kier molecular flexibility index (Phi) is 8.59. The Morgan fingerprint density at radius 2 is 1.75 bits per heavy atom. The molecular weight excluding hydrogens is 397 g/mol. The quantitative estimate of drug-likeness (QED) is 0.760. The van der Waals surface area contributed by atoms with E-state index in [1.54, 1.807) is 45.0 Å². The highest BCUT2D eigenvalue weighted by atomic mass is 35.5. The van der Waals surface area contributed by atoms with Crippen LogP contribution in [0.15, 0.2) is 12.1 Å². The SMILES string of the molecule is COC1(C(=O)N(C)Cc2cc(C)c(OCC(F)(F)F)c(C)c2)CCNCC1.Cl. The third-order valence-corrected chi connectivity index (χ3v) is 4.86. The van der Waals surface area contributed by atoms with Crippen LogP contribution in [0.4, 0.5) is 13.2 Å². The summed E-state index contributed by atoms with van der Waals surface area (Å²) < 4.78 is 47.7. The predicted octanol–water partition coefficient (Wildman–Crippen LogP) is 3.39. The topological polar surface area (TPSA) is 50.8 Å². The number of rotatable bonds is 6. The van der Waals surface area contributed by atoms with Crippen molar-refractivity contribution in [3.63, 3.8) is 0 Å². The van der Waals surface area contributed by atoms with Crippen LogP contribution in [0.2, 0.25) is 0 Å². The molecule has 1 saturated heterocycles. The zero-order valence-corrected chi connectivity index (χ0v) is 17.4. The number of hydrogen-bond acceptors (Lipinski definition) is 4. The van der Waals surface area contributed by atoms with Gasteiger partial charge >= 0.3 is 6.18 Å². The number of likely N-dealkylation sites (N-methyl/N-ethyl adjacent to an activating group) is 1.